The Kier molecular flexibility index (Phi) is 8.91. The van der Waals surface area contributed by atoms with E-state index in [0.717, 1.165) is 17.1 Å². The second kappa shape index (κ2) is 12.2. The zero-order chi connectivity index (χ0) is 31.0. The van der Waals surface area contributed by atoms with Crippen LogP contribution in [0.4, 0.5) is 0 Å². The fourth-order valence-corrected chi connectivity index (χ4v) is 9.39. The van der Waals surface area contributed by atoms with Crippen LogP contribution in [0.15, 0.2) is 64.5 Å². The van der Waals surface area contributed by atoms with Crippen LogP contribution in [0.5, 0.6) is 0 Å². The topological polar surface area (TPSA) is 112 Å². The third-order valence-corrected chi connectivity index (χ3v) is 12.3. The third kappa shape index (κ3) is 6.90. The number of hydrogen-bond acceptors (Lipinski definition) is 7. The Labute approximate surface area is 255 Å². The van der Waals surface area contributed by atoms with Crippen molar-refractivity contribution in [2.75, 3.05) is 52.9 Å². The number of carbonyl (C=O) groups excluding carboxylic acids is 1. The first-order valence-electron chi connectivity index (χ1n) is 14.4. The molecule has 10 nitrogen and oxygen atoms in total. The summed E-state index contributed by atoms with van der Waals surface area (Å²) in [5.74, 6) is 3.16. The summed E-state index contributed by atoms with van der Waals surface area (Å²) in [6, 6.07) is 14.0. The molecule has 13 heteroatoms. The Morgan fingerprint density at radius 1 is 0.930 bits per heavy atom. The zero-order valence-corrected chi connectivity index (χ0v) is 27.7. The van der Waals surface area contributed by atoms with Gasteiger partial charge in [0.25, 0.3) is 20.0 Å². The van der Waals surface area contributed by atoms with Crippen LogP contribution >= 0.6 is 0 Å². The van der Waals surface area contributed by atoms with E-state index in [1.54, 1.807) is 36.4 Å². The van der Waals surface area contributed by atoms with Gasteiger partial charge in [-0.2, -0.15) is 4.31 Å². The highest BCUT2D eigenvalue weighted by molar-refractivity contribution is 7.92. The van der Waals surface area contributed by atoms with E-state index in [1.165, 1.54) is 22.5 Å². The first-order chi connectivity index (χ1) is 20.3. The molecule has 230 valence electrons. The first kappa shape index (κ1) is 31.4. The number of hydrogen-bond donors (Lipinski definition) is 1. The summed E-state index contributed by atoms with van der Waals surface area (Å²) < 4.78 is 58.7. The molecule has 1 aromatic heterocycles. The van der Waals surface area contributed by atoms with Crippen LogP contribution in [0.2, 0.25) is 19.6 Å². The van der Waals surface area contributed by atoms with Gasteiger partial charge in [-0.25, -0.2) is 20.8 Å². The minimum absolute atomic E-state index is 0.0116. The van der Waals surface area contributed by atoms with Gasteiger partial charge in [0.1, 0.15) is 8.07 Å². The number of nitrogens with zero attached hydrogens (tertiary/aromatic N) is 4. The second-order valence-electron chi connectivity index (χ2n) is 12.2. The summed E-state index contributed by atoms with van der Waals surface area (Å²) >= 11 is 0. The number of aromatic nitrogens is 1. The molecule has 0 saturated carbocycles. The summed E-state index contributed by atoms with van der Waals surface area (Å²) in [4.78, 5) is 17.0. The summed E-state index contributed by atoms with van der Waals surface area (Å²) in [6.07, 6.45) is 0.167. The molecule has 3 heterocycles. The van der Waals surface area contributed by atoms with Crippen molar-refractivity contribution >= 4 is 44.9 Å². The number of likely N-dealkylation sites (N-methyl/N-ethyl adjacent to an activating group) is 1. The average molecular weight is 642 g/mol. The van der Waals surface area contributed by atoms with Gasteiger partial charge in [-0.05, 0) is 43.4 Å². The fourth-order valence-electron chi connectivity index (χ4n) is 5.31. The fraction of sp³-hybridized carbons (Fsp3) is 0.433. The van der Waals surface area contributed by atoms with Crippen molar-refractivity contribution in [1.82, 2.24) is 23.4 Å². The van der Waals surface area contributed by atoms with Crippen LogP contribution in [-0.4, -0.2) is 108 Å². The van der Waals surface area contributed by atoms with Gasteiger partial charge < -0.3 is 15.1 Å². The lowest BCUT2D eigenvalue weighted by molar-refractivity contribution is -0.133. The van der Waals surface area contributed by atoms with Crippen LogP contribution in [0.3, 0.4) is 0 Å². The predicted octanol–water partition coefficient (Wildman–Crippen LogP) is 2.23. The number of fused-ring (bicyclic) bond motifs is 1. The van der Waals surface area contributed by atoms with Gasteiger partial charge in [0.2, 0.25) is 5.91 Å². The van der Waals surface area contributed by atoms with Gasteiger partial charge in [0.15, 0.2) is 5.03 Å². The Bertz CT molecular complexity index is 1780. The van der Waals surface area contributed by atoms with Gasteiger partial charge >= 0.3 is 0 Å². The Morgan fingerprint density at radius 2 is 1.63 bits per heavy atom. The molecule has 2 aromatic carbocycles. The van der Waals surface area contributed by atoms with Crippen LogP contribution < -0.4 is 5.32 Å². The Morgan fingerprint density at radius 3 is 2.30 bits per heavy atom. The molecule has 2 aliphatic heterocycles. The zero-order valence-electron chi connectivity index (χ0n) is 25.1. The molecule has 1 amide bonds. The van der Waals surface area contributed by atoms with E-state index in [2.05, 4.69) is 41.3 Å². The van der Waals surface area contributed by atoms with E-state index in [0.29, 0.717) is 30.6 Å². The number of carbonyl (C=O) groups is 1. The van der Waals surface area contributed by atoms with Gasteiger partial charge in [-0.1, -0.05) is 43.8 Å². The lowest BCUT2D eigenvalue weighted by Gasteiger charge is -2.36. The smallest absolute Gasteiger partial charge is 0.269 e. The SMILES string of the molecule is CN1CCN(C(=O)CC2CN(S(=O)(=O)c3cc4cc(C#C[Si](C)(C)C)ccc4n3S(=O)(=O)c3ccccc3)CCN2)CC1. The summed E-state index contributed by atoms with van der Waals surface area (Å²) in [5.41, 5.74) is 4.26. The van der Waals surface area contributed by atoms with Crippen molar-refractivity contribution in [1.29, 1.82) is 0 Å². The molecule has 2 saturated heterocycles. The van der Waals surface area contributed by atoms with E-state index in [4.69, 9.17) is 0 Å². The van der Waals surface area contributed by atoms with E-state index in [9.17, 15) is 21.6 Å². The van der Waals surface area contributed by atoms with Crippen LogP contribution in [0.1, 0.15) is 12.0 Å². The van der Waals surface area contributed by atoms with Crippen LogP contribution in [0, 0.1) is 11.5 Å². The van der Waals surface area contributed by atoms with Crippen molar-refractivity contribution in [3.8, 4) is 11.5 Å². The quantitative estimate of drug-likeness (QED) is 0.325. The van der Waals surface area contributed by atoms with Gasteiger partial charge in [-0.3, -0.25) is 4.79 Å². The van der Waals surface area contributed by atoms with Crippen LogP contribution in [-0.2, 0) is 24.8 Å². The third-order valence-electron chi connectivity index (χ3n) is 7.69. The normalized spacial score (nSPS) is 19.3. The van der Waals surface area contributed by atoms with E-state index in [1.807, 2.05) is 11.9 Å². The molecule has 43 heavy (non-hydrogen) atoms. The molecular weight excluding hydrogens is 603 g/mol. The summed E-state index contributed by atoms with van der Waals surface area (Å²) in [5, 5.41) is 3.42. The molecular formula is C30H39N5O5S2Si. The first-order valence-corrected chi connectivity index (χ1v) is 20.8. The number of benzene rings is 2. The molecule has 0 spiro atoms. The molecule has 5 rings (SSSR count). The molecule has 0 radical (unpaired) electrons. The number of piperazine rings is 2. The summed E-state index contributed by atoms with van der Waals surface area (Å²) in [6.45, 7) is 9.85. The Hall–Kier alpha value is -2.99. The largest absolute Gasteiger partial charge is 0.340 e. The number of nitrogens with one attached hydrogen (secondary N) is 1. The van der Waals surface area contributed by atoms with E-state index in [-0.39, 0.29) is 46.9 Å². The van der Waals surface area contributed by atoms with Crippen molar-refractivity contribution in [3.05, 3.63) is 60.2 Å². The van der Waals surface area contributed by atoms with Gasteiger partial charge in [0.05, 0.1) is 10.4 Å². The molecule has 0 aliphatic carbocycles. The van der Waals surface area contributed by atoms with Crippen LogP contribution in [0.25, 0.3) is 10.9 Å². The van der Waals surface area contributed by atoms with Gasteiger partial charge in [0, 0.05) is 69.2 Å². The average Bonchev–Trinajstić information content (AvgIpc) is 3.37. The Balaban J connectivity index is 1.52. The number of rotatable bonds is 6. The molecule has 3 aromatic rings. The van der Waals surface area contributed by atoms with Crippen molar-refractivity contribution in [2.45, 2.75) is 42.0 Å². The molecule has 1 N–H and O–H groups in total. The van der Waals surface area contributed by atoms with Crippen molar-refractivity contribution < 1.29 is 21.6 Å². The van der Waals surface area contributed by atoms with Gasteiger partial charge in [-0.15, -0.1) is 5.54 Å². The number of sulfonamides is 1. The lowest BCUT2D eigenvalue weighted by Crippen LogP contribution is -2.55. The van der Waals surface area contributed by atoms with E-state index >= 15 is 0 Å². The molecule has 2 aliphatic rings. The number of amides is 1. The predicted molar refractivity (Wildman–Crippen MR) is 170 cm³/mol. The maximum absolute atomic E-state index is 14.3. The maximum atomic E-state index is 14.3. The van der Waals surface area contributed by atoms with E-state index < -0.39 is 28.1 Å². The monoisotopic (exact) mass is 641 g/mol. The molecule has 1 atom stereocenters. The molecule has 1 unspecified atom stereocenters. The standard InChI is InChI=1S/C30H39N5O5S2Si/c1-32-15-17-33(18-16-32)29(36)22-26-23-34(14-13-31-26)42(39,40)30-21-25-20-24(12-19-43(2,3)4)10-11-28(25)35(30)41(37,38)27-8-6-5-7-9-27/h5-11,20-21,26,31H,13-18,22-23H2,1-4H3. The minimum Gasteiger partial charge on any atom is -0.340 e. The maximum Gasteiger partial charge on any atom is 0.269 e. The molecule has 0 bridgehead atoms. The van der Waals surface area contributed by atoms with Crippen molar-refractivity contribution in [3.63, 3.8) is 0 Å². The summed E-state index contributed by atoms with van der Waals surface area (Å²) in [7, 11) is -8.20. The minimum atomic E-state index is -4.28. The van der Waals surface area contributed by atoms with Crippen molar-refractivity contribution in [2.24, 2.45) is 0 Å². The lowest BCUT2D eigenvalue weighted by atomic mass is 10.1. The highest BCUT2D eigenvalue weighted by Gasteiger charge is 2.37. The highest BCUT2D eigenvalue weighted by Crippen LogP contribution is 2.31. The second-order valence-corrected chi connectivity index (χ2v) is 20.7. The molecule has 2 fully saturated rings. The highest BCUT2D eigenvalue weighted by atomic mass is 32.2.